The number of sulfonamides is 1. The first-order valence-corrected chi connectivity index (χ1v) is 8.64. The number of benzene rings is 1. The van der Waals surface area contributed by atoms with E-state index < -0.39 is 10.0 Å². The van der Waals surface area contributed by atoms with E-state index in [9.17, 15) is 8.42 Å². The maximum atomic E-state index is 12.1. The Kier molecular flexibility index (Phi) is 5.70. The molecular formula is C14H20N4O2S. The van der Waals surface area contributed by atoms with Crippen LogP contribution in [-0.4, -0.2) is 52.6 Å². The molecule has 1 aromatic rings. The van der Waals surface area contributed by atoms with Crippen molar-refractivity contribution in [1.82, 2.24) is 14.9 Å². The number of hydrogen-bond acceptors (Lipinski definition) is 5. The van der Waals surface area contributed by atoms with Crippen molar-refractivity contribution in [1.29, 1.82) is 5.26 Å². The van der Waals surface area contributed by atoms with Crippen molar-refractivity contribution in [3.63, 3.8) is 0 Å². The van der Waals surface area contributed by atoms with Crippen molar-refractivity contribution >= 4 is 10.0 Å². The molecule has 0 spiro atoms. The Labute approximate surface area is 125 Å². The second-order valence-electron chi connectivity index (χ2n) is 5.01. The summed E-state index contributed by atoms with van der Waals surface area (Å²) < 4.78 is 26.7. The highest BCUT2D eigenvalue weighted by atomic mass is 32.2. The van der Waals surface area contributed by atoms with Gasteiger partial charge in [-0.05, 0) is 11.6 Å². The van der Waals surface area contributed by atoms with Crippen molar-refractivity contribution in [2.45, 2.75) is 5.75 Å². The third kappa shape index (κ3) is 5.10. The average molecular weight is 308 g/mol. The Balaban J connectivity index is 1.85. The molecule has 0 atom stereocenters. The summed E-state index contributed by atoms with van der Waals surface area (Å²) in [6.07, 6.45) is 0. The van der Waals surface area contributed by atoms with E-state index in [-0.39, 0.29) is 5.75 Å². The minimum Gasteiger partial charge on any atom is -0.314 e. The summed E-state index contributed by atoms with van der Waals surface area (Å²) in [4.78, 5) is 2.22. The van der Waals surface area contributed by atoms with Crippen molar-refractivity contribution in [2.24, 2.45) is 0 Å². The van der Waals surface area contributed by atoms with Crippen LogP contribution in [0.25, 0.3) is 0 Å². The monoisotopic (exact) mass is 308 g/mol. The van der Waals surface area contributed by atoms with Gasteiger partial charge in [0.1, 0.15) is 0 Å². The molecule has 6 nitrogen and oxygen atoms in total. The maximum absolute atomic E-state index is 12.1. The smallest absolute Gasteiger partial charge is 0.215 e. The van der Waals surface area contributed by atoms with Gasteiger partial charge in [0, 0.05) is 39.3 Å². The van der Waals surface area contributed by atoms with E-state index in [1.807, 2.05) is 6.07 Å². The molecule has 21 heavy (non-hydrogen) atoms. The molecule has 2 N–H and O–H groups in total. The molecule has 0 saturated carbocycles. The van der Waals surface area contributed by atoms with E-state index in [4.69, 9.17) is 5.26 Å². The molecule has 1 saturated heterocycles. The summed E-state index contributed by atoms with van der Waals surface area (Å²) in [5, 5.41) is 12.2. The Morgan fingerprint density at radius 2 is 2.00 bits per heavy atom. The Morgan fingerprint density at radius 3 is 2.71 bits per heavy atom. The topological polar surface area (TPSA) is 85.2 Å². The minimum absolute atomic E-state index is 0.154. The quantitative estimate of drug-likeness (QED) is 0.765. The number of hydrogen-bond donors (Lipinski definition) is 2. The molecule has 1 fully saturated rings. The fraction of sp³-hybridized carbons (Fsp3) is 0.500. The van der Waals surface area contributed by atoms with Crippen molar-refractivity contribution in [3.8, 4) is 6.07 Å². The zero-order chi connectivity index (χ0) is 15.1. The molecule has 1 aliphatic heterocycles. The largest absolute Gasteiger partial charge is 0.314 e. The standard InChI is InChI=1S/C14H20N4O2S/c15-11-13-3-1-2-4-14(13)12-21(19,20)17-7-10-18-8-5-16-6-9-18/h1-4,16-17H,5-10,12H2. The minimum atomic E-state index is -3.41. The molecule has 114 valence electrons. The van der Waals surface area contributed by atoms with Crippen molar-refractivity contribution < 1.29 is 8.42 Å². The summed E-state index contributed by atoms with van der Waals surface area (Å²) in [5.41, 5.74) is 0.944. The van der Waals surface area contributed by atoms with Gasteiger partial charge >= 0.3 is 0 Å². The number of nitrogens with one attached hydrogen (secondary N) is 2. The molecule has 0 unspecified atom stereocenters. The zero-order valence-electron chi connectivity index (χ0n) is 11.9. The van der Waals surface area contributed by atoms with Crippen LogP contribution in [0.5, 0.6) is 0 Å². The van der Waals surface area contributed by atoms with Crippen LogP contribution in [0.1, 0.15) is 11.1 Å². The third-order valence-corrected chi connectivity index (χ3v) is 4.78. The van der Waals surface area contributed by atoms with E-state index >= 15 is 0 Å². The lowest BCUT2D eigenvalue weighted by molar-refractivity contribution is 0.245. The summed E-state index contributed by atoms with van der Waals surface area (Å²) in [7, 11) is -3.41. The second kappa shape index (κ2) is 7.52. The van der Waals surface area contributed by atoms with E-state index in [2.05, 4.69) is 14.9 Å². The van der Waals surface area contributed by atoms with Crippen LogP contribution in [0.15, 0.2) is 24.3 Å². The lowest BCUT2D eigenvalue weighted by atomic mass is 10.1. The summed E-state index contributed by atoms with van der Waals surface area (Å²) in [6, 6.07) is 8.79. The molecule has 1 aromatic carbocycles. The van der Waals surface area contributed by atoms with Gasteiger partial charge in [-0.2, -0.15) is 5.26 Å². The Bertz CT molecular complexity index is 604. The van der Waals surface area contributed by atoms with Crippen LogP contribution < -0.4 is 10.0 Å². The fourth-order valence-corrected chi connectivity index (χ4v) is 3.47. The van der Waals surface area contributed by atoms with Gasteiger partial charge in [0.2, 0.25) is 10.0 Å². The molecule has 1 heterocycles. The van der Waals surface area contributed by atoms with E-state index in [1.54, 1.807) is 24.3 Å². The van der Waals surface area contributed by atoms with E-state index in [1.165, 1.54) is 0 Å². The van der Waals surface area contributed by atoms with Gasteiger partial charge < -0.3 is 5.32 Å². The fourth-order valence-electron chi connectivity index (χ4n) is 2.31. The normalized spacial score (nSPS) is 16.5. The molecule has 0 radical (unpaired) electrons. The summed E-state index contributed by atoms with van der Waals surface area (Å²) in [6.45, 7) is 4.89. The molecule has 0 aliphatic carbocycles. The number of rotatable bonds is 6. The number of nitrogens with zero attached hydrogens (tertiary/aromatic N) is 2. The van der Waals surface area contributed by atoms with Crippen LogP contribution in [-0.2, 0) is 15.8 Å². The van der Waals surface area contributed by atoms with Gasteiger partial charge in [-0.1, -0.05) is 18.2 Å². The van der Waals surface area contributed by atoms with Gasteiger partial charge in [0.25, 0.3) is 0 Å². The van der Waals surface area contributed by atoms with Gasteiger partial charge in [-0.25, -0.2) is 13.1 Å². The highest BCUT2D eigenvalue weighted by molar-refractivity contribution is 7.88. The lowest BCUT2D eigenvalue weighted by Crippen LogP contribution is -2.46. The lowest BCUT2D eigenvalue weighted by Gasteiger charge is -2.27. The predicted molar refractivity (Wildman–Crippen MR) is 81.1 cm³/mol. The summed E-state index contributed by atoms with van der Waals surface area (Å²) >= 11 is 0. The summed E-state index contributed by atoms with van der Waals surface area (Å²) in [5.74, 6) is -0.154. The second-order valence-corrected chi connectivity index (χ2v) is 6.82. The van der Waals surface area contributed by atoms with Gasteiger partial charge in [0.05, 0.1) is 17.4 Å². The first kappa shape index (κ1) is 15.9. The van der Waals surface area contributed by atoms with Gasteiger partial charge in [-0.3, -0.25) is 4.90 Å². The molecule has 0 amide bonds. The van der Waals surface area contributed by atoms with Crippen molar-refractivity contribution in [2.75, 3.05) is 39.3 Å². The van der Waals surface area contributed by atoms with Crippen LogP contribution in [0.2, 0.25) is 0 Å². The third-order valence-electron chi connectivity index (χ3n) is 3.44. The average Bonchev–Trinajstić information content (AvgIpc) is 2.48. The molecule has 0 bridgehead atoms. The number of piperazine rings is 1. The highest BCUT2D eigenvalue weighted by Crippen LogP contribution is 2.10. The van der Waals surface area contributed by atoms with Crippen LogP contribution in [0, 0.1) is 11.3 Å². The first-order chi connectivity index (χ1) is 10.1. The Morgan fingerprint density at radius 1 is 1.29 bits per heavy atom. The van der Waals surface area contributed by atoms with Gasteiger partial charge in [0.15, 0.2) is 0 Å². The molecule has 7 heteroatoms. The van der Waals surface area contributed by atoms with E-state index in [0.29, 0.717) is 24.2 Å². The maximum Gasteiger partial charge on any atom is 0.215 e. The molecule has 2 rings (SSSR count). The Hall–Kier alpha value is -1.46. The highest BCUT2D eigenvalue weighted by Gasteiger charge is 2.15. The van der Waals surface area contributed by atoms with Crippen LogP contribution >= 0.6 is 0 Å². The molecule has 0 aromatic heterocycles. The SMILES string of the molecule is N#Cc1ccccc1CS(=O)(=O)NCCN1CCNCC1. The van der Waals surface area contributed by atoms with Gasteiger partial charge in [-0.15, -0.1) is 0 Å². The number of nitriles is 1. The van der Waals surface area contributed by atoms with Crippen LogP contribution in [0.3, 0.4) is 0 Å². The zero-order valence-corrected chi connectivity index (χ0v) is 12.7. The molecule has 1 aliphatic rings. The van der Waals surface area contributed by atoms with Crippen LogP contribution in [0.4, 0.5) is 0 Å². The first-order valence-electron chi connectivity index (χ1n) is 6.99. The predicted octanol–water partition coefficient (Wildman–Crippen LogP) is -0.117. The molecular weight excluding hydrogens is 288 g/mol. The van der Waals surface area contributed by atoms with E-state index in [0.717, 1.165) is 26.2 Å². The van der Waals surface area contributed by atoms with Crippen molar-refractivity contribution in [3.05, 3.63) is 35.4 Å².